The predicted molar refractivity (Wildman–Crippen MR) is 93.0 cm³/mol. The number of rotatable bonds is 6. The van der Waals surface area contributed by atoms with E-state index in [1.165, 1.54) is 22.8 Å². The van der Waals surface area contributed by atoms with Crippen LogP contribution in [0, 0.1) is 0 Å². The molecule has 1 amide bonds. The highest BCUT2D eigenvalue weighted by Crippen LogP contribution is 2.18. The van der Waals surface area contributed by atoms with E-state index in [9.17, 15) is 13.2 Å². The highest BCUT2D eigenvalue weighted by atomic mass is 32.2. The molecule has 1 aromatic carbocycles. The molecule has 1 aromatic heterocycles. The number of aromatic nitrogens is 3. The van der Waals surface area contributed by atoms with Gasteiger partial charge in [-0.15, -0.1) is 0 Å². The summed E-state index contributed by atoms with van der Waals surface area (Å²) in [4.78, 5) is 16.4. The number of carbonyl (C=O) groups excluding carboxylic acids is 1. The molecule has 1 unspecified atom stereocenters. The van der Waals surface area contributed by atoms with Crippen LogP contribution in [0.4, 0.5) is 0 Å². The van der Waals surface area contributed by atoms with E-state index in [1.54, 1.807) is 23.1 Å². The number of nitrogens with one attached hydrogen (secondary N) is 1. The Morgan fingerprint density at radius 1 is 1.35 bits per heavy atom. The average molecular weight is 379 g/mol. The lowest BCUT2D eigenvalue weighted by atomic mass is 10.2. The van der Waals surface area contributed by atoms with Crippen molar-refractivity contribution in [2.45, 2.75) is 24.4 Å². The third-order valence-electron chi connectivity index (χ3n) is 4.01. The molecular formula is C16H21N5O4S. The van der Waals surface area contributed by atoms with E-state index in [4.69, 9.17) is 4.74 Å². The quantitative estimate of drug-likeness (QED) is 0.764. The minimum atomic E-state index is -3.64. The molecule has 1 N–H and O–H groups in total. The van der Waals surface area contributed by atoms with Gasteiger partial charge in [-0.2, -0.15) is 9.40 Å². The van der Waals surface area contributed by atoms with Gasteiger partial charge in [-0.3, -0.25) is 9.48 Å². The molecule has 9 nitrogen and oxygen atoms in total. The average Bonchev–Trinajstić information content (AvgIpc) is 3.15. The van der Waals surface area contributed by atoms with Crippen molar-refractivity contribution in [2.24, 2.45) is 0 Å². The number of amides is 1. The standard InChI is InChI=1S/C16H21N5O4S/c1-13(10-20-12-17-11-18-20)19-16(22)14-3-2-4-15(9-14)26(23,24)21-5-7-25-8-6-21/h2-4,9,11-13H,5-8,10H2,1H3,(H,19,22). The van der Waals surface area contributed by atoms with Crippen molar-refractivity contribution in [3.8, 4) is 0 Å². The van der Waals surface area contributed by atoms with E-state index in [0.717, 1.165) is 0 Å². The summed E-state index contributed by atoms with van der Waals surface area (Å²) in [5, 5.41) is 6.83. The summed E-state index contributed by atoms with van der Waals surface area (Å²) in [5.74, 6) is -0.336. The molecule has 10 heteroatoms. The lowest BCUT2D eigenvalue weighted by Gasteiger charge is -2.26. The van der Waals surface area contributed by atoms with E-state index in [1.807, 2.05) is 6.92 Å². The fourth-order valence-corrected chi connectivity index (χ4v) is 4.15. The van der Waals surface area contributed by atoms with Crippen molar-refractivity contribution in [1.29, 1.82) is 0 Å². The van der Waals surface area contributed by atoms with E-state index < -0.39 is 10.0 Å². The Bertz CT molecular complexity index is 847. The highest BCUT2D eigenvalue weighted by molar-refractivity contribution is 7.89. The maximum absolute atomic E-state index is 12.7. The van der Waals surface area contributed by atoms with Gasteiger partial charge in [0.05, 0.1) is 24.7 Å². The minimum absolute atomic E-state index is 0.107. The Labute approximate surface area is 152 Å². The van der Waals surface area contributed by atoms with Gasteiger partial charge in [-0.05, 0) is 25.1 Å². The first-order valence-electron chi connectivity index (χ1n) is 8.28. The number of carbonyl (C=O) groups is 1. The van der Waals surface area contributed by atoms with Crippen LogP contribution in [0.1, 0.15) is 17.3 Å². The summed E-state index contributed by atoms with van der Waals surface area (Å²) in [6, 6.07) is 5.88. The fourth-order valence-electron chi connectivity index (χ4n) is 2.69. The lowest BCUT2D eigenvalue weighted by molar-refractivity contribution is 0.0730. The second-order valence-electron chi connectivity index (χ2n) is 6.04. The summed E-state index contributed by atoms with van der Waals surface area (Å²) < 4.78 is 33.6. The molecule has 1 aliphatic rings. The number of benzene rings is 1. The summed E-state index contributed by atoms with van der Waals surface area (Å²) in [5.41, 5.74) is 0.296. The Balaban J connectivity index is 1.70. The maximum atomic E-state index is 12.7. The van der Waals surface area contributed by atoms with E-state index in [2.05, 4.69) is 15.4 Å². The molecule has 0 spiro atoms. The van der Waals surface area contributed by atoms with Crippen molar-refractivity contribution < 1.29 is 17.9 Å². The summed E-state index contributed by atoms with van der Waals surface area (Å²) in [7, 11) is -3.64. The van der Waals surface area contributed by atoms with Gasteiger partial charge >= 0.3 is 0 Å². The monoisotopic (exact) mass is 379 g/mol. The van der Waals surface area contributed by atoms with Gasteiger partial charge in [0, 0.05) is 24.7 Å². The van der Waals surface area contributed by atoms with Gasteiger partial charge in [0.15, 0.2) is 0 Å². The fraction of sp³-hybridized carbons (Fsp3) is 0.438. The van der Waals surface area contributed by atoms with E-state index in [0.29, 0.717) is 38.4 Å². The van der Waals surface area contributed by atoms with Gasteiger partial charge in [0.1, 0.15) is 12.7 Å². The summed E-state index contributed by atoms with van der Waals surface area (Å²) in [6.45, 7) is 3.69. The SMILES string of the molecule is CC(Cn1cncn1)NC(=O)c1cccc(S(=O)(=O)N2CCOCC2)c1. The second-order valence-corrected chi connectivity index (χ2v) is 7.97. The van der Waals surface area contributed by atoms with Gasteiger partial charge < -0.3 is 10.1 Å². The number of ether oxygens (including phenoxy) is 1. The van der Waals surface area contributed by atoms with E-state index >= 15 is 0 Å². The lowest BCUT2D eigenvalue weighted by Crippen LogP contribution is -2.40. The van der Waals surface area contributed by atoms with Crippen molar-refractivity contribution >= 4 is 15.9 Å². The molecule has 140 valence electrons. The first-order chi connectivity index (χ1) is 12.5. The first-order valence-corrected chi connectivity index (χ1v) is 9.72. The molecule has 1 saturated heterocycles. The van der Waals surface area contributed by atoms with Crippen LogP contribution in [0.25, 0.3) is 0 Å². The Hall–Kier alpha value is -2.30. The van der Waals surface area contributed by atoms with Crippen molar-refractivity contribution in [3.05, 3.63) is 42.5 Å². The van der Waals surface area contributed by atoms with Crippen LogP contribution in [-0.4, -0.2) is 65.7 Å². The molecule has 2 aromatic rings. The van der Waals surface area contributed by atoms with Gasteiger partial charge in [0.2, 0.25) is 10.0 Å². The zero-order chi connectivity index (χ0) is 18.6. The summed E-state index contributed by atoms with van der Waals surface area (Å²) in [6.07, 6.45) is 2.99. The molecular weight excluding hydrogens is 358 g/mol. The third-order valence-corrected chi connectivity index (χ3v) is 5.90. The minimum Gasteiger partial charge on any atom is -0.379 e. The van der Waals surface area contributed by atoms with Gasteiger partial charge in [-0.1, -0.05) is 6.07 Å². The van der Waals surface area contributed by atoms with Crippen molar-refractivity contribution in [1.82, 2.24) is 24.4 Å². The number of nitrogens with zero attached hydrogens (tertiary/aromatic N) is 4. The third kappa shape index (κ3) is 4.26. The summed E-state index contributed by atoms with van der Waals surface area (Å²) >= 11 is 0. The van der Waals surface area contributed by atoms with Crippen LogP contribution in [0.5, 0.6) is 0 Å². The van der Waals surface area contributed by atoms with Crippen LogP contribution >= 0.6 is 0 Å². The highest BCUT2D eigenvalue weighted by Gasteiger charge is 2.27. The zero-order valence-corrected chi connectivity index (χ0v) is 15.2. The number of morpholine rings is 1. The van der Waals surface area contributed by atoms with Crippen LogP contribution < -0.4 is 5.32 Å². The topological polar surface area (TPSA) is 106 Å². The molecule has 26 heavy (non-hydrogen) atoms. The smallest absolute Gasteiger partial charge is 0.251 e. The molecule has 1 aliphatic heterocycles. The van der Waals surface area contributed by atoms with Gasteiger partial charge in [0.25, 0.3) is 5.91 Å². The number of hydrogen-bond acceptors (Lipinski definition) is 6. The van der Waals surface area contributed by atoms with Crippen molar-refractivity contribution in [3.63, 3.8) is 0 Å². The van der Waals surface area contributed by atoms with Crippen LogP contribution in [0.2, 0.25) is 0 Å². The largest absolute Gasteiger partial charge is 0.379 e. The van der Waals surface area contributed by atoms with E-state index in [-0.39, 0.29) is 16.8 Å². The molecule has 3 rings (SSSR count). The normalized spacial score (nSPS) is 17.0. The molecule has 2 heterocycles. The Morgan fingerprint density at radius 2 is 2.12 bits per heavy atom. The molecule has 0 aliphatic carbocycles. The van der Waals surface area contributed by atoms with Crippen molar-refractivity contribution in [2.75, 3.05) is 26.3 Å². The molecule has 0 saturated carbocycles. The molecule has 1 atom stereocenters. The molecule has 0 bridgehead atoms. The Morgan fingerprint density at radius 3 is 2.81 bits per heavy atom. The first kappa shape index (κ1) is 18.5. The van der Waals surface area contributed by atoms with Gasteiger partial charge in [-0.25, -0.2) is 13.4 Å². The number of sulfonamides is 1. The maximum Gasteiger partial charge on any atom is 0.251 e. The second kappa shape index (κ2) is 7.94. The van der Waals surface area contributed by atoms with Crippen LogP contribution in [0.3, 0.4) is 0 Å². The molecule has 0 radical (unpaired) electrons. The Kier molecular flexibility index (Phi) is 5.64. The van der Waals surface area contributed by atoms with Crippen LogP contribution in [0.15, 0.2) is 41.8 Å². The molecule has 1 fully saturated rings. The zero-order valence-electron chi connectivity index (χ0n) is 14.4. The number of hydrogen-bond donors (Lipinski definition) is 1. The van der Waals surface area contributed by atoms with Crippen LogP contribution in [-0.2, 0) is 21.3 Å². The predicted octanol–water partition coefficient (Wildman–Crippen LogP) is 0.118.